The van der Waals surface area contributed by atoms with E-state index < -0.39 is 34.0 Å². The van der Waals surface area contributed by atoms with Gasteiger partial charge in [0.05, 0.1) is 11.4 Å². The van der Waals surface area contributed by atoms with Gasteiger partial charge in [0.15, 0.2) is 0 Å². The number of hydrogen-bond donors (Lipinski definition) is 2. The Morgan fingerprint density at radius 1 is 1.31 bits per heavy atom. The molecule has 2 unspecified atom stereocenters. The number of likely N-dealkylation sites (tertiary alicyclic amines) is 1. The minimum atomic E-state index is -4.07. The number of sulfonamides is 1. The van der Waals surface area contributed by atoms with Gasteiger partial charge in [0.25, 0.3) is 0 Å². The number of ether oxygens (including phenoxy) is 1. The summed E-state index contributed by atoms with van der Waals surface area (Å²) in [6.07, 6.45) is 5.28. The maximum Gasteiger partial charge on any atom is 0.330 e. The summed E-state index contributed by atoms with van der Waals surface area (Å²) in [5.41, 5.74) is 1.07. The first-order valence-corrected chi connectivity index (χ1v) is 13.1. The number of carbonyl (C=O) groups excluding carboxylic acids is 2. The van der Waals surface area contributed by atoms with Crippen LogP contribution >= 0.6 is 0 Å². The number of fused-ring (bicyclic) bond motifs is 1. The summed E-state index contributed by atoms with van der Waals surface area (Å²) in [5.74, 6) is -0.979. The molecule has 4 rings (SSSR count). The van der Waals surface area contributed by atoms with Crippen molar-refractivity contribution in [2.45, 2.75) is 42.8 Å². The van der Waals surface area contributed by atoms with Crippen molar-refractivity contribution in [2.75, 3.05) is 13.1 Å². The number of carbonyl (C=O) groups is 2. The Morgan fingerprint density at radius 3 is 2.92 bits per heavy atom. The molecule has 1 aliphatic rings. The average Bonchev–Trinajstić information content (AvgIpc) is 3.55. The predicted molar refractivity (Wildman–Crippen MR) is 132 cm³/mol. The molecule has 0 saturated carbocycles. The number of esters is 1. The Morgan fingerprint density at radius 2 is 2.14 bits per heavy atom. The second kappa shape index (κ2) is 10.8. The number of hydrogen-bond acceptors (Lipinski definition) is 6. The predicted octanol–water partition coefficient (Wildman–Crippen LogP) is 2.30. The number of rotatable bonds is 9. The molecule has 2 atom stereocenters. The van der Waals surface area contributed by atoms with Crippen LogP contribution in [0.4, 0.5) is 0 Å². The molecule has 10 nitrogen and oxygen atoms in total. The fourth-order valence-electron chi connectivity index (χ4n) is 4.42. The quantitative estimate of drug-likeness (QED) is 0.335. The zero-order chi connectivity index (χ0) is 25.7. The molecule has 0 aliphatic carbocycles. The molecule has 2 N–H and O–H groups in total. The van der Waals surface area contributed by atoms with Gasteiger partial charge in [-0.1, -0.05) is 12.6 Å². The van der Waals surface area contributed by atoms with E-state index in [4.69, 9.17) is 4.74 Å². The monoisotopic (exact) mass is 509 g/mol. The maximum atomic E-state index is 13.6. The Kier molecular flexibility index (Phi) is 7.57. The third-order valence-corrected chi connectivity index (χ3v) is 7.71. The van der Waals surface area contributed by atoms with Crippen molar-refractivity contribution in [3.05, 3.63) is 67.1 Å². The van der Waals surface area contributed by atoms with Crippen LogP contribution in [0, 0.1) is 11.3 Å². The minimum Gasteiger partial charge on any atom is -0.457 e. The van der Waals surface area contributed by atoms with Crippen molar-refractivity contribution < 1.29 is 22.7 Å². The SMILES string of the molecule is C=CC(=O)OC1CCCN(C(=O)C(CCn2cccc2C#N)NS(=O)(=O)c2cccc3[nH]ccc23)C1. The van der Waals surface area contributed by atoms with E-state index in [0.29, 0.717) is 36.0 Å². The van der Waals surface area contributed by atoms with Crippen LogP contribution in [0.1, 0.15) is 25.0 Å². The zero-order valence-corrected chi connectivity index (χ0v) is 20.4. The van der Waals surface area contributed by atoms with E-state index in [1.807, 2.05) is 0 Å². The van der Waals surface area contributed by atoms with E-state index >= 15 is 0 Å². The molecular formula is C25H27N5O5S. The van der Waals surface area contributed by atoms with E-state index in [9.17, 15) is 23.3 Å². The average molecular weight is 510 g/mol. The molecule has 36 heavy (non-hydrogen) atoms. The Labute approximate surface area is 209 Å². The molecule has 1 fully saturated rings. The van der Waals surface area contributed by atoms with Crippen molar-refractivity contribution in [3.63, 3.8) is 0 Å². The topological polar surface area (TPSA) is 137 Å². The first-order chi connectivity index (χ1) is 17.3. The number of benzene rings is 1. The summed E-state index contributed by atoms with van der Waals surface area (Å²) >= 11 is 0. The summed E-state index contributed by atoms with van der Waals surface area (Å²) < 4.78 is 36.5. The number of piperidine rings is 1. The summed E-state index contributed by atoms with van der Waals surface area (Å²) in [5, 5.41) is 9.83. The number of aryl methyl sites for hydroxylation is 1. The highest BCUT2D eigenvalue weighted by Gasteiger charge is 2.33. The van der Waals surface area contributed by atoms with Crippen molar-refractivity contribution in [1.82, 2.24) is 19.2 Å². The van der Waals surface area contributed by atoms with Crippen LogP contribution in [0.15, 0.2) is 66.3 Å². The van der Waals surface area contributed by atoms with Gasteiger partial charge in [-0.2, -0.15) is 9.98 Å². The summed E-state index contributed by atoms with van der Waals surface area (Å²) in [4.78, 5) is 29.8. The van der Waals surface area contributed by atoms with E-state index in [1.165, 1.54) is 11.0 Å². The largest absolute Gasteiger partial charge is 0.457 e. The second-order valence-electron chi connectivity index (χ2n) is 8.55. The maximum absolute atomic E-state index is 13.6. The lowest BCUT2D eigenvalue weighted by Crippen LogP contribution is -2.53. The van der Waals surface area contributed by atoms with E-state index in [1.54, 1.807) is 47.3 Å². The van der Waals surface area contributed by atoms with Gasteiger partial charge in [-0.05, 0) is 49.6 Å². The summed E-state index contributed by atoms with van der Waals surface area (Å²) in [6, 6.07) is 10.9. The lowest BCUT2D eigenvalue weighted by atomic mass is 10.1. The second-order valence-corrected chi connectivity index (χ2v) is 10.2. The van der Waals surface area contributed by atoms with Gasteiger partial charge >= 0.3 is 5.97 Å². The van der Waals surface area contributed by atoms with Crippen LogP contribution in [0.2, 0.25) is 0 Å². The van der Waals surface area contributed by atoms with Crippen LogP contribution in [-0.2, 0) is 30.9 Å². The lowest BCUT2D eigenvalue weighted by Gasteiger charge is -2.34. The number of nitrogens with one attached hydrogen (secondary N) is 2. The van der Waals surface area contributed by atoms with Gasteiger partial charge in [-0.15, -0.1) is 0 Å². The first-order valence-electron chi connectivity index (χ1n) is 11.6. The highest BCUT2D eigenvalue weighted by atomic mass is 32.2. The lowest BCUT2D eigenvalue weighted by molar-refractivity contribution is -0.150. The van der Waals surface area contributed by atoms with E-state index in [2.05, 4.69) is 22.4 Å². The van der Waals surface area contributed by atoms with Crippen LogP contribution in [0.3, 0.4) is 0 Å². The number of nitrogens with zero attached hydrogens (tertiary/aromatic N) is 3. The Hall–Kier alpha value is -3.88. The van der Waals surface area contributed by atoms with Gasteiger partial charge in [0.1, 0.15) is 23.9 Å². The van der Waals surface area contributed by atoms with Gasteiger partial charge in [-0.25, -0.2) is 13.2 Å². The number of H-pyrrole nitrogens is 1. The van der Waals surface area contributed by atoms with E-state index in [-0.39, 0.29) is 24.4 Å². The molecule has 2 aromatic heterocycles. The molecule has 0 spiro atoms. The molecule has 1 saturated heterocycles. The third kappa shape index (κ3) is 5.50. The molecule has 1 aliphatic heterocycles. The highest BCUT2D eigenvalue weighted by molar-refractivity contribution is 7.89. The molecule has 1 aromatic carbocycles. The number of aromatic amines is 1. The van der Waals surface area contributed by atoms with Crippen molar-refractivity contribution in [1.29, 1.82) is 5.26 Å². The van der Waals surface area contributed by atoms with Gasteiger partial charge in [-0.3, -0.25) is 4.79 Å². The molecule has 0 bridgehead atoms. The molecule has 0 radical (unpaired) electrons. The van der Waals surface area contributed by atoms with Gasteiger partial charge in [0.2, 0.25) is 15.9 Å². The van der Waals surface area contributed by atoms with Gasteiger partial charge in [0, 0.05) is 42.5 Å². The van der Waals surface area contributed by atoms with Crippen LogP contribution in [0.5, 0.6) is 0 Å². The molecule has 3 heterocycles. The summed E-state index contributed by atoms with van der Waals surface area (Å²) in [6.45, 7) is 4.23. The Balaban J connectivity index is 1.58. The normalized spacial score (nSPS) is 16.9. The molecule has 1 amide bonds. The first kappa shape index (κ1) is 25.2. The van der Waals surface area contributed by atoms with Crippen LogP contribution in [0.25, 0.3) is 10.9 Å². The number of nitriles is 1. The van der Waals surface area contributed by atoms with Crippen molar-refractivity contribution in [2.24, 2.45) is 0 Å². The standard InChI is InChI=1S/C25H27N5O5S/c1-2-24(31)35-19-7-5-14-30(17-19)25(32)22(11-15-29-13-4-6-18(29)16-26)28-36(33,34)23-9-3-8-21-20(23)10-12-27-21/h2-4,6,8-10,12-13,19,22,27-28H,1,5,7,11,14-15,17H2. The van der Waals surface area contributed by atoms with Crippen molar-refractivity contribution >= 4 is 32.8 Å². The fourth-order valence-corrected chi connectivity index (χ4v) is 5.87. The summed E-state index contributed by atoms with van der Waals surface area (Å²) in [7, 11) is -4.07. The third-order valence-electron chi connectivity index (χ3n) is 6.18. The molecular weight excluding hydrogens is 482 g/mol. The number of amides is 1. The molecule has 188 valence electrons. The van der Waals surface area contributed by atoms with Crippen LogP contribution < -0.4 is 4.72 Å². The zero-order valence-electron chi connectivity index (χ0n) is 19.6. The highest BCUT2D eigenvalue weighted by Crippen LogP contribution is 2.23. The van der Waals surface area contributed by atoms with Crippen LogP contribution in [-0.4, -0.2) is 60.0 Å². The smallest absolute Gasteiger partial charge is 0.330 e. The van der Waals surface area contributed by atoms with Gasteiger partial charge < -0.3 is 19.2 Å². The van der Waals surface area contributed by atoms with E-state index in [0.717, 1.165) is 6.08 Å². The fraction of sp³-hybridized carbons (Fsp3) is 0.320. The van der Waals surface area contributed by atoms with Crippen molar-refractivity contribution in [3.8, 4) is 6.07 Å². The minimum absolute atomic E-state index is 0.0640. The molecule has 11 heteroatoms. The Bertz CT molecular complexity index is 1420. The number of aromatic nitrogens is 2. The molecule has 3 aromatic rings.